The van der Waals surface area contributed by atoms with Crippen LogP contribution in [0.1, 0.15) is 13.8 Å². The molecule has 1 aromatic heterocycles. The molecular weight excluding hydrogens is 274 g/mol. The minimum atomic E-state index is 0.793. The van der Waals surface area contributed by atoms with E-state index in [-0.39, 0.29) is 0 Å². The van der Waals surface area contributed by atoms with Gasteiger partial charge in [-0.25, -0.2) is 9.97 Å². The summed E-state index contributed by atoms with van der Waals surface area (Å²) < 4.78 is 5.91. The molecule has 0 aliphatic rings. The summed E-state index contributed by atoms with van der Waals surface area (Å²) in [6.07, 6.45) is 1.62. The molecule has 22 heavy (non-hydrogen) atoms. The maximum Gasteiger partial charge on any atom is 0.139 e. The average Bonchev–Trinajstić information content (AvgIpc) is 2.57. The van der Waals surface area contributed by atoms with Gasteiger partial charge >= 0.3 is 0 Å². The van der Waals surface area contributed by atoms with Gasteiger partial charge in [0.1, 0.15) is 23.6 Å². The average molecular weight is 293 g/mol. The van der Waals surface area contributed by atoms with Crippen molar-refractivity contribution in [1.29, 1.82) is 0 Å². The predicted octanol–water partition coefficient (Wildman–Crippen LogP) is 4.27. The van der Waals surface area contributed by atoms with E-state index in [0.29, 0.717) is 0 Å². The third-order valence-corrected chi connectivity index (χ3v) is 3.63. The van der Waals surface area contributed by atoms with Crippen molar-refractivity contribution >= 4 is 16.7 Å². The first kappa shape index (κ1) is 14.3. The zero-order valence-electron chi connectivity index (χ0n) is 12.9. The van der Waals surface area contributed by atoms with Crippen molar-refractivity contribution in [1.82, 2.24) is 9.97 Å². The van der Waals surface area contributed by atoms with Crippen LogP contribution in [0.25, 0.3) is 10.9 Å². The van der Waals surface area contributed by atoms with Crippen LogP contribution in [0, 0.1) is 0 Å². The van der Waals surface area contributed by atoms with E-state index in [1.807, 2.05) is 48.5 Å². The normalized spacial score (nSPS) is 10.6. The van der Waals surface area contributed by atoms with Crippen LogP contribution in [0.4, 0.5) is 5.82 Å². The van der Waals surface area contributed by atoms with Gasteiger partial charge in [0.05, 0.1) is 5.52 Å². The standard InChI is InChI=1S/C18H19N3O/c1-3-21(4-2)18-16-12-15(10-11-17(16)19-13-20-18)22-14-8-6-5-7-9-14/h5-13H,3-4H2,1-2H3. The van der Waals surface area contributed by atoms with E-state index in [1.165, 1.54) is 0 Å². The molecule has 0 fully saturated rings. The van der Waals surface area contributed by atoms with Crippen LogP contribution in [0.15, 0.2) is 54.9 Å². The van der Waals surface area contributed by atoms with Crippen molar-refractivity contribution < 1.29 is 4.74 Å². The van der Waals surface area contributed by atoms with Gasteiger partial charge in [0.25, 0.3) is 0 Å². The SMILES string of the molecule is CCN(CC)c1ncnc2ccc(Oc3ccccc3)cc12. The van der Waals surface area contributed by atoms with Gasteiger partial charge in [0.15, 0.2) is 0 Å². The van der Waals surface area contributed by atoms with Gasteiger partial charge in [0.2, 0.25) is 0 Å². The van der Waals surface area contributed by atoms with E-state index >= 15 is 0 Å². The number of fused-ring (bicyclic) bond motifs is 1. The highest BCUT2D eigenvalue weighted by atomic mass is 16.5. The van der Waals surface area contributed by atoms with Crippen molar-refractivity contribution in [3.8, 4) is 11.5 Å². The van der Waals surface area contributed by atoms with Gasteiger partial charge in [0, 0.05) is 18.5 Å². The zero-order chi connectivity index (χ0) is 15.4. The molecule has 4 heteroatoms. The second kappa shape index (κ2) is 6.43. The fourth-order valence-electron chi connectivity index (χ4n) is 2.49. The van der Waals surface area contributed by atoms with Crippen LogP contribution in [-0.2, 0) is 0 Å². The fraction of sp³-hybridized carbons (Fsp3) is 0.222. The van der Waals surface area contributed by atoms with E-state index in [4.69, 9.17) is 4.74 Å². The Morgan fingerprint density at radius 2 is 1.68 bits per heavy atom. The molecule has 0 saturated heterocycles. The van der Waals surface area contributed by atoms with Crippen LogP contribution < -0.4 is 9.64 Å². The summed E-state index contributed by atoms with van der Waals surface area (Å²) in [5.74, 6) is 2.57. The van der Waals surface area contributed by atoms with Gasteiger partial charge in [-0.3, -0.25) is 0 Å². The summed E-state index contributed by atoms with van der Waals surface area (Å²) in [6.45, 7) is 6.07. The van der Waals surface area contributed by atoms with Gasteiger partial charge < -0.3 is 9.64 Å². The molecule has 0 aliphatic carbocycles. The second-order valence-electron chi connectivity index (χ2n) is 4.96. The van der Waals surface area contributed by atoms with E-state index in [2.05, 4.69) is 28.7 Å². The number of hydrogen-bond acceptors (Lipinski definition) is 4. The zero-order valence-corrected chi connectivity index (χ0v) is 12.9. The van der Waals surface area contributed by atoms with Crippen LogP contribution in [0.2, 0.25) is 0 Å². The Labute approximate surface area is 130 Å². The Bertz CT molecular complexity index is 755. The number of aromatic nitrogens is 2. The minimum absolute atomic E-state index is 0.793. The lowest BCUT2D eigenvalue weighted by Crippen LogP contribution is -2.23. The number of rotatable bonds is 5. The minimum Gasteiger partial charge on any atom is -0.457 e. The van der Waals surface area contributed by atoms with Crippen LogP contribution in [-0.4, -0.2) is 23.1 Å². The number of para-hydroxylation sites is 1. The lowest BCUT2D eigenvalue weighted by atomic mass is 10.2. The Kier molecular flexibility index (Phi) is 4.19. The molecule has 0 amide bonds. The molecule has 112 valence electrons. The molecule has 0 unspecified atom stereocenters. The maximum atomic E-state index is 5.91. The molecule has 3 aromatic rings. The summed E-state index contributed by atoms with van der Waals surface area (Å²) >= 11 is 0. The molecule has 4 nitrogen and oxygen atoms in total. The first-order valence-corrected chi connectivity index (χ1v) is 7.54. The lowest BCUT2D eigenvalue weighted by molar-refractivity contribution is 0.483. The molecule has 0 aliphatic heterocycles. The highest BCUT2D eigenvalue weighted by Gasteiger charge is 2.10. The number of anilines is 1. The van der Waals surface area contributed by atoms with Gasteiger partial charge in [-0.15, -0.1) is 0 Å². The molecule has 0 radical (unpaired) electrons. The first-order chi connectivity index (χ1) is 10.8. The van der Waals surface area contributed by atoms with Crippen molar-refractivity contribution in [2.24, 2.45) is 0 Å². The van der Waals surface area contributed by atoms with Crippen molar-refractivity contribution in [2.75, 3.05) is 18.0 Å². The van der Waals surface area contributed by atoms with E-state index in [0.717, 1.165) is 41.3 Å². The summed E-state index contributed by atoms with van der Waals surface area (Å²) in [6, 6.07) is 15.7. The number of ether oxygens (including phenoxy) is 1. The van der Waals surface area contributed by atoms with Crippen molar-refractivity contribution in [2.45, 2.75) is 13.8 Å². The summed E-state index contributed by atoms with van der Waals surface area (Å²) in [4.78, 5) is 11.0. The predicted molar refractivity (Wildman–Crippen MR) is 89.6 cm³/mol. The first-order valence-electron chi connectivity index (χ1n) is 7.54. The van der Waals surface area contributed by atoms with Gasteiger partial charge in [-0.05, 0) is 44.2 Å². The van der Waals surface area contributed by atoms with Crippen molar-refractivity contribution in [3.05, 3.63) is 54.9 Å². The molecule has 0 bridgehead atoms. The second-order valence-corrected chi connectivity index (χ2v) is 4.96. The van der Waals surface area contributed by atoms with E-state index < -0.39 is 0 Å². The van der Waals surface area contributed by atoms with E-state index in [1.54, 1.807) is 6.33 Å². The third kappa shape index (κ3) is 2.86. The quantitative estimate of drug-likeness (QED) is 0.704. The molecule has 0 spiro atoms. The lowest BCUT2D eigenvalue weighted by Gasteiger charge is -2.21. The molecule has 1 heterocycles. The Balaban J connectivity index is 2.02. The van der Waals surface area contributed by atoms with Gasteiger partial charge in [-0.2, -0.15) is 0 Å². The van der Waals surface area contributed by atoms with Crippen LogP contribution >= 0.6 is 0 Å². The molecular formula is C18H19N3O. The Hall–Kier alpha value is -2.62. The summed E-state index contributed by atoms with van der Waals surface area (Å²) in [5, 5.41) is 1.01. The fourth-order valence-corrected chi connectivity index (χ4v) is 2.49. The smallest absolute Gasteiger partial charge is 0.139 e. The highest BCUT2D eigenvalue weighted by Crippen LogP contribution is 2.29. The molecule has 2 aromatic carbocycles. The number of nitrogens with zero attached hydrogens (tertiary/aromatic N) is 3. The van der Waals surface area contributed by atoms with Gasteiger partial charge in [-0.1, -0.05) is 18.2 Å². The summed E-state index contributed by atoms with van der Waals surface area (Å²) in [5.41, 5.74) is 0.928. The Morgan fingerprint density at radius 3 is 2.41 bits per heavy atom. The van der Waals surface area contributed by atoms with Crippen molar-refractivity contribution in [3.63, 3.8) is 0 Å². The largest absolute Gasteiger partial charge is 0.457 e. The Morgan fingerprint density at radius 1 is 0.909 bits per heavy atom. The maximum absolute atomic E-state index is 5.91. The molecule has 0 atom stereocenters. The third-order valence-electron chi connectivity index (χ3n) is 3.63. The monoisotopic (exact) mass is 293 g/mol. The molecule has 3 rings (SSSR count). The topological polar surface area (TPSA) is 38.2 Å². The van der Waals surface area contributed by atoms with Crippen LogP contribution in [0.5, 0.6) is 11.5 Å². The van der Waals surface area contributed by atoms with Crippen LogP contribution in [0.3, 0.4) is 0 Å². The number of hydrogen-bond donors (Lipinski definition) is 0. The van der Waals surface area contributed by atoms with E-state index in [9.17, 15) is 0 Å². The highest BCUT2D eigenvalue weighted by molar-refractivity contribution is 5.90. The summed E-state index contributed by atoms with van der Waals surface area (Å²) in [7, 11) is 0. The molecule has 0 saturated carbocycles. The molecule has 0 N–H and O–H groups in total. The number of benzene rings is 2.